The van der Waals surface area contributed by atoms with E-state index in [-0.39, 0.29) is 0 Å². The van der Waals surface area contributed by atoms with Gasteiger partial charge in [-0.05, 0) is 55.7 Å². The Balaban J connectivity index is 1.84. The summed E-state index contributed by atoms with van der Waals surface area (Å²) in [5, 5.41) is 11.9. The highest BCUT2D eigenvalue weighted by atomic mass is 16.5. The lowest BCUT2D eigenvalue weighted by Gasteiger charge is -2.08. The molecule has 0 spiro atoms. The smallest absolute Gasteiger partial charge is 0.148 e. The van der Waals surface area contributed by atoms with Crippen molar-refractivity contribution in [1.82, 2.24) is 10.2 Å². The molecule has 1 aliphatic carbocycles. The molecule has 0 bridgehead atoms. The van der Waals surface area contributed by atoms with E-state index >= 15 is 0 Å². The number of anilines is 1. The van der Waals surface area contributed by atoms with E-state index in [1.54, 1.807) is 7.11 Å². The first-order chi connectivity index (χ1) is 9.26. The van der Waals surface area contributed by atoms with Crippen LogP contribution in [0.25, 0.3) is 11.3 Å². The molecule has 19 heavy (non-hydrogen) atoms. The molecular weight excluding hydrogens is 238 g/mol. The van der Waals surface area contributed by atoms with Gasteiger partial charge in [-0.25, -0.2) is 0 Å². The fraction of sp³-hybridized carbons (Fsp3) is 0.333. The van der Waals surface area contributed by atoms with E-state index < -0.39 is 0 Å². The predicted molar refractivity (Wildman–Crippen MR) is 75.4 cm³/mol. The molecule has 0 amide bonds. The highest BCUT2D eigenvalue weighted by molar-refractivity contribution is 5.65. The van der Waals surface area contributed by atoms with Crippen molar-refractivity contribution in [2.45, 2.75) is 25.8 Å². The van der Waals surface area contributed by atoms with Gasteiger partial charge < -0.3 is 10.1 Å². The van der Waals surface area contributed by atoms with Gasteiger partial charge in [0, 0.05) is 11.6 Å². The Bertz CT molecular complexity index is 576. The quantitative estimate of drug-likeness (QED) is 0.912. The molecule has 1 N–H and O–H groups in total. The van der Waals surface area contributed by atoms with Crippen LogP contribution in [0.1, 0.15) is 18.4 Å². The van der Waals surface area contributed by atoms with Crippen LogP contribution in [0, 0.1) is 6.92 Å². The van der Waals surface area contributed by atoms with Gasteiger partial charge in [0.2, 0.25) is 0 Å². The van der Waals surface area contributed by atoms with Gasteiger partial charge >= 0.3 is 0 Å². The maximum absolute atomic E-state index is 5.21. The summed E-state index contributed by atoms with van der Waals surface area (Å²) in [6.07, 6.45) is 2.47. The van der Waals surface area contributed by atoms with Crippen LogP contribution >= 0.6 is 0 Å². The molecular formula is C15H17N3O. The maximum Gasteiger partial charge on any atom is 0.148 e. The van der Waals surface area contributed by atoms with Crippen LogP contribution in [0.2, 0.25) is 0 Å². The fourth-order valence-electron chi connectivity index (χ4n) is 2.04. The van der Waals surface area contributed by atoms with Gasteiger partial charge in [-0.2, -0.15) is 0 Å². The summed E-state index contributed by atoms with van der Waals surface area (Å²) in [5.41, 5.74) is 3.12. The zero-order valence-electron chi connectivity index (χ0n) is 11.2. The number of ether oxygens (including phenoxy) is 1. The molecule has 1 fully saturated rings. The summed E-state index contributed by atoms with van der Waals surface area (Å²) in [6.45, 7) is 2.05. The van der Waals surface area contributed by atoms with Crippen molar-refractivity contribution < 1.29 is 4.74 Å². The van der Waals surface area contributed by atoms with E-state index in [1.165, 1.54) is 12.8 Å². The molecule has 98 valence electrons. The second-order valence-electron chi connectivity index (χ2n) is 4.90. The van der Waals surface area contributed by atoms with E-state index in [0.29, 0.717) is 6.04 Å². The third-order valence-electron chi connectivity index (χ3n) is 3.30. The lowest BCUT2D eigenvalue weighted by Crippen LogP contribution is -2.04. The van der Waals surface area contributed by atoms with Gasteiger partial charge in [-0.15, -0.1) is 10.2 Å². The zero-order valence-corrected chi connectivity index (χ0v) is 11.2. The van der Waals surface area contributed by atoms with Gasteiger partial charge in [0.1, 0.15) is 11.6 Å². The Morgan fingerprint density at radius 1 is 1.16 bits per heavy atom. The SMILES string of the molecule is COc1ccc(-c2ccc(NC3CC3)nn2)c(C)c1. The van der Waals surface area contributed by atoms with Gasteiger partial charge in [0.25, 0.3) is 0 Å². The van der Waals surface area contributed by atoms with Crippen molar-refractivity contribution in [2.24, 2.45) is 0 Å². The summed E-state index contributed by atoms with van der Waals surface area (Å²) in [7, 11) is 1.67. The van der Waals surface area contributed by atoms with Crippen LogP contribution in [0.15, 0.2) is 30.3 Å². The summed E-state index contributed by atoms with van der Waals surface area (Å²) in [6, 6.07) is 10.6. The Hall–Kier alpha value is -2.10. The minimum Gasteiger partial charge on any atom is -0.497 e. The fourth-order valence-corrected chi connectivity index (χ4v) is 2.04. The number of hydrogen-bond acceptors (Lipinski definition) is 4. The van der Waals surface area contributed by atoms with Crippen molar-refractivity contribution in [2.75, 3.05) is 12.4 Å². The molecule has 0 radical (unpaired) electrons. The standard InChI is InChI=1S/C15H17N3O/c1-10-9-12(19-2)5-6-13(10)14-7-8-15(18-17-14)16-11-3-4-11/h5-9,11H,3-4H2,1-2H3,(H,16,18). The van der Waals surface area contributed by atoms with Crippen LogP contribution in [0.5, 0.6) is 5.75 Å². The molecule has 3 rings (SSSR count). The van der Waals surface area contributed by atoms with Crippen LogP contribution in [0.3, 0.4) is 0 Å². The Kier molecular flexibility index (Phi) is 3.07. The molecule has 1 aromatic heterocycles. The molecule has 2 aromatic rings. The maximum atomic E-state index is 5.21. The molecule has 1 heterocycles. The highest BCUT2D eigenvalue weighted by Gasteiger charge is 2.21. The first-order valence-corrected chi connectivity index (χ1v) is 6.51. The summed E-state index contributed by atoms with van der Waals surface area (Å²) >= 11 is 0. The predicted octanol–water partition coefficient (Wildman–Crippen LogP) is 3.03. The average Bonchev–Trinajstić information content (AvgIpc) is 3.24. The van der Waals surface area contributed by atoms with E-state index in [9.17, 15) is 0 Å². The number of benzene rings is 1. The number of nitrogens with one attached hydrogen (secondary N) is 1. The van der Waals surface area contributed by atoms with E-state index in [2.05, 4.69) is 22.4 Å². The third kappa shape index (κ3) is 2.67. The van der Waals surface area contributed by atoms with Gasteiger partial charge in [-0.1, -0.05) is 0 Å². The van der Waals surface area contributed by atoms with Gasteiger partial charge in [0.05, 0.1) is 12.8 Å². The molecule has 1 aromatic carbocycles. The van der Waals surface area contributed by atoms with Crippen molar-refractivity contribution in [3.05, 3.63) is 35.9 Å². The van der Waals surface area contributed by atoms with Crippen LogP contribution < -0.4 is 10.1 Å². The molecule has 4 heteroatoms. The molecule has 0 atom stereocenters. The number of aromatic nitrogens is 2. The van der Waals surface area contributed by atoms with Crippen LogP contribution in [-0.2, 0) is 0 Å². The first kappa shape index (κ1) is 12.0. The monoisotopic (exact) mass is 255 g/mol. The minimum absolute atomic E-state index is 0.600. The number of hydrogen-bond donors (Lipinski definition) is 1. The second kappa shape index (κ2) is 4.88. The van der Waals surface area contributed by atoms with E-state index in [1.807, 2.05) is 30.3 Å². The number of rotatable bonds is 4. The zero-order chi connectivity index (χ0) is 13.2. The Morgan fingerprint density at radius 2 is 2.00 bits per heavy atom. The molecule has 0 saturated heterocycles. The van der Waals surface area contributed by atoms with E-state index in [4.69, 9.17) is 4.74 Å². The van der Waals surface area contributed by atoms with Gasteiger partial charge in [0.15, 0.2) is 0 Å². The largest absolute Gasteiger partial charge is 0.497 e. The molecule has 0 unspecified atom stereocenters. The van der Waals surface area contributed by atoms with Crippen molar-refractivity contribution in [1.29, 1.82) is 0 Å². The van der Waals surface area contributed by atoms with Crippen molar-refractivity contribution in [3.63, 3.8) is 0 Å². The second-order valence-corrected chi connectivity index (χ2v) is 4.90. The lowest BCUT2D eigenvalue weighted by molar-refractivity contribution is 0.414. The molecule has 1 aliphatic rings. The molecule has 0 aliphatic heterocycles. The molecule has 4 nitrogen and oxygen atoms in total. The van der Waals surface area contributed by atoms with Crippen molar-refractivity contribution >= 4 is 5.82 Å². The number of nitrogens with zero attached hydrogens (tertiary/aromatic N) is 2. The minimum atomic E-state index is 0.600. The summed E-state index contributed by atoms with van der Waals surface area (Å²) in [5.74, 6) is 1.72. The van der Waals surface area contributed by atoms with Crippen LogP contribution in [-0.4, -0.2) is 23.3 Å². The lowest BCUT2D eigenvalue weighted by atomic mass is 10.1. The van der Waals surface area contributed by atoms with Crippen LogP contribution in [0.4, 0.5) is 5.82 Å². The Labute approximate surface area is 112 Å². The number of methoxy groups -OCH3 is 1. The number of aryl methyl sites for hydroxylation is 1. The molecule has 1 saturated carbocycles. The summed E-state index contributed by atoms with van der Waals surface area (Å²) in [4.78, 5) is 0. The normalized spacial score (nSPS) is 14.2. The van der Waals surface area contributed by atoms with Gasteiger partial charge in [-0.3, -0.25) is 0 Å². The Morgan fingerprint density at radius 3 is 2.58 bits per heavy atom. The van der Waals surface area contributed by atoms with E-state index in [0.717, 1.165) is 28.4 Å². The summed E-state index contributed by atoms with van der Waals surface area (Å²) < 4.78 is 5.21. The third-order valence-corrected chi connectivity index (χ3v) is 3.30. The average molecular weight is 255 g/mol. The topological polar surface area (TPSA) is 47.0 Å². The first-order valence-electron chi connectivity index (χ1n) is 6.51. The van der Waals surface area contributed by atoms with Crippen molar-refractivity contribution in [3.8, 4) is 17.0 Å². The highest BCUT2D eigenvalue weighted by Crippen LogP contribution is 2.27.